The minimum Gasteiger partial charge on any atom is -0.388 e. The number of hydrogen-bond acceptors (Lipinski definition) is 2. The van der Waals surface area contributed by atoms with E-state index in [9.17, 15) is 13.9 Å². The lowest BCUT2D eigenvalue weighted by Gasteiger charge is -2.13. The molecule has 6 heteroatoms. The average Bonchev–Trinajstić information content (AvgIpc) is 2.65. The van der Waals surface area contributed by atoms with E-state index in [1.165, 1.54) is 0 Å². The molecule has 2 rings (SSSR count). The van der Waals surface area contributed by atoms with Crippen molar-refractivity contribution >= 4 is 11.6 Å². The molecule has 20 heavy (non-hydrogen) atoms. The molecule has 0 amide bonds. The molecule has 1 unspecified atom stereocenters. The molecule has 0 aliphatic rings. The van der Waals surface area contributed by atoms with Gasteiger partial charge in [-0.05, 0) is 31.5 Å². The van der Waals surface area contributed by atoms with Crippen LogP contribution in [0.4, 0.5) is 8.78 Å². The van der Waals surface area contributed by atoms with Crippen LogP contribution in [-0.2, 0) is 13.0 Å². The van der Waals surface area contributed by atoms with E-state index in [0.717, 1.165) is 18.2 Å². The maximum Gasteiger partial charge on any atom is 0.126 e. The van der Waals surface area contributed by atoms with Crippen LogP contribution in [0.2, 0.25) is 5.02 Å². The van der Waals surface area contributed by atoms with E-state index in [2.05, 4.69) is 5.10 Å². The first-order valence-electron chi connectivity index (χ1n) is 6.28. The van der Waals surface area contributed by atoms with Gasteiger partial charge in [-0.25, -0.2) is 8.78 Å². The van der Waals surface area contributed by atoms with Gasteiger partial charge in [0.1, 0.15) is 11.6 Å². The lowest BCUT2D eigenvalue weighted by atomic mass is 10.0. The summed E-state index contributed by atoms with van der Waals surface area (Å²) in [5.41, 5.74) is 1.50. The maximum absolute atomic E-state index is 13.2. The largest absolute Gasteiger partial charge is 0.388 e. The number of aryl methyl sites for hydroxylation is 2. The predicted octanol–water partition coefficient (Wildman–Crippen LogP) is 3.42. The number of aliphatic hydroxyl groups excluding tert-OH is 1. The fourth-order valence-electron chi connectivity index (χ4n) is 2.13. The average molecular weight is 301 g/mol. The normalized spacial score (nSPS) is 12.7. The minimum atomic E-state index is -1.04. The summed E-state index contributed by atoms with van der Waals surface area (Å²) in [7, 11) is 0. The quantitative estimate of drug-likeness (QED) is 0.939. The second-order valence-corrected chi connectivity index (χ2v) is 4.96. The molecule has 0 saturated carbocycles. The van der Waals surface area contributed by atoms with E-state index in [4.69, 9.17) is 11.6 Å². The molecule has 0 aliphatic carbocycles. The number of aromatic nitrogens is 2. The van der Waals surface area contributed by atoms with Crippen LogP contribution < -0.4 is 0 Å². The van der Waals surface area contributed by atoms with Gasteiger partial charge in [-0.3, -0.25) is 4.68 Å². The third kappa shape index (κ3) is 2.99. The van der Waals surface area contributed by atoms with Gasteiger partial charge in [0.15, 0.2) is 0 Å². The predicted molar refractivity (Wildman–Crippen MR) is 72.7 cm³/mol. The first-order valence-corrected chi connectivity index (χ1v) is 6.66. The van der Waals surface area contributed by atoms with E-state index in [0.29, 0.717) is 23.0 Å². The van der Waals surface area contributed by atoms with Gasteiger partial charge >= 0.3 is 0 Å². The third-order valence-electron chi connectivity index (χ3n) is 3.11. The first kappa shape index (κ1) is 14.9. The Hall–Kier alpha value is -1.46. The van der Waals surface area contributed by atoms with Crippen molar-refractivity contribution in [3.63, 3.8) is 0 Å². The Morgan fingerprint density at radius 3 is 2.45 bits per heavy atom. The fraction of sp³-hybridized carbons (Fsp3) is 0.357. The second kappa shape index (κ2) is 5.89. The summed E-state index contributed by atoms with van der Waals surface area (Å²) in [5, 5.41) is 14.9. The summed E-state index contributed by atoms with van der Waals surface area (Å²) in [6, 6.07) is 2.99. The SMILES string of the molecule is CCn1nc(C)c(Cl)c1CC(O)c1cc(F)cc(F)c1. The van der Waals surface area contributed by atoms with Crippen molar-refractivity contribution in [2.24, 2.45) is 0 Å². The Morgan fingerprint density at radius 1 is 1.30 bits per heavy atom. The number of rotatable bonds is 4. The lowest BCUT2D eigenvalue weighted by Crippen LogP contribution is -2.09. The molecule has 3 nitrogen and oxygen atoms in total. The van der Waals surface area contributed by atoms with Crippen LogP contribution in [0.5, 0.6) is 0 Å². The van der Waals surface area contributed by atoms with E-state index in [1.54, 1.807) is 11.6 Å². The van der Waals surface area contributed by atoms with Crippen LogP contribution >= 0.6 is 11.6 Å². The van der Waals surface area contributed by atoms with Crippen molar-refractivity contribution in [3.8, 4) is 0 Å². The number of hydrogen-bond donors (Lipinski definition) is 1. The molecule has 1 aromatic carbocycles. The highest BCUT2D eigenvalue weighted by Gasteiger charge is 2.18. The van der Waals surface area contributed by atoms with E-state index >= 15 is 0 Å². The zero-order valence-corrected chi connectivity index (χ0v) is 12.0. The minimum absolute atomic E-state index is 0.149. The van der Waals surface area contributed by atoms with Crippen molar-refractivity contribution in [3.05, 3.63) is 51.8 Å². The number of halogens is 3. The van der Waals surface area contributed by atoms with E-state index in [1.807, 2.05) is 6.92 Å². The Labute approximate surface area is 120 Å². The highest BCUT2D eigenvalue weighted by molar-refractivity contribution is 6.31. The molecule has 0 spiro atoms. The summed E-state index contributed by atoms with van der Waals surface area (Å²) >= 11 is 6.14. The van der Waals surface area contributed by atoms with Crippen LogP contribution in [0, 0.1) is 18.6 Å². The van der Waals surface area contributed by atoms with Crippen LogP contribution in [0.25, 0.3) is 0 Å². The van der Waals surface area contributed by atoms with Gasteiger partial charge < -0.3 is 5.11 Å². The molecule has 108 valence electrons. The lowest BCUT2D eigenvalue weighted by molar-refractivity contribution is 0.174. The van der Waals surface area contributed by atoms with Gasteiger partial charge in [0, 0.05) is 19.0 Å². The highest BCUT2D eigenvalue weighted by atomic mass is 35.5. The summed E-state index contributed by atoms with van der Waals surface area (Å²) in [5.74, 6) is -1.43. The zero-order valence-electron chi connectivity index (χ0n) is 11.2. The second-order valence-electron chi connectivity index (χ2n) is 4.58. The molecule has 2 aromatic rings. The molecule has 1 N–H and O–H groups in total. The van der Waals surface area contributed by atoms with Gasteiger partial charge in [0.2, 0.25) is 0 Å². The Balaban J connectivity index is 2.29. The molecule has 1 atom stereocenters. The molecule has 1 heterocycles. The standard InChI is InChI=1S/C14H15ClF2N2O/c1-3-19-12(14(15)8(2)18-19)7-13(20)9-4-10(16)6-11(17)5-9/h4-6,13,20H,3,7H2,1-2H3. The van der Waals surface area contributed by atoms with Crippen molar-refractivity contribution in [2.75, 3.05) is 0 Å². The molecular formula is C14H15ClF2N2O. The first-order chi connectivity index (χ1) is 9.42. The fourth-order valence-corrected chi connectivity index (χ4v) is 2.35. The molecule has 0 aliphatic heterocycles. The Bertz CT molecular complexity index is 608. The van der Waals surface area contributed by atoms with E-state index in [-0.39, 0.29) is 12.0 Å². The third-order valence-corrected chi connectivity index (χ3v) is 3.60. The number of nitrogens with zero attached hydrogens (tertiary/aromatic N) is 2. The van der Waals surface area contributed by atoms with E-state index < -0.39 is 17.7 Å². The van der Waals surface area contributed by atoms with Crippen LogP contribution in [-0.4, -0.2) is 14.9 Å². The smallest absolute Gasteiger partial charge is 0.126 e. The van der Waals surface area contributed by atoms with Crippen molar-refractivity contribution < 1.29 is 13.9 Å². The topological polar surface area (TPSA) is 38.0 Å². The molecular weight excluding hydrogens is 286 g/mol. The maximum atomic E-state index is 13.2. The highest BCUT2D eigenvalue weighted by Crippen LogP contribution is 2.26. The van der Waals surface area contributed by atoms with Gasteiger partial charge in [-0.2, -0.15) is 5.10 Å². The summed E-state index contributed by atoms with van der Waals surface area (Å²) in [4.78, 5) is 0. The molecule has 0 bridgehead atoms. The Morgan fingerprint density at radius 2 is 1.90 bits per heavy atom. The van der Waals surface area contributed by atoms with Crippen LogP contribution in [0.1, 0.15) is 30.0 Å². The summed E-state index contributed by atoms with van der Waals surface area (Å²) in [6.07, 6.45) is -0.893. The van der Waals surface area contributed by atoms with Crippen LogP contribution in [0.15, 0.2) is 18.2 Å². The van der Waals surface area contributed by atoms with Gasteiger partial charge in [0.05, 0.1) is 22.5 Å². The van der Waals surface area contributed by atoms with Crippen LogP contribution in [0.3, 0.4) is 0 Å². The van der Waals surface area contributed by atoms with Gasteiger partial charge in [-0.15, -0.1) is 0 Å². The molecule has 1 aromatic heterocycles. The molecule has 0 saturated heterocycles. The number of aliphatic hydroxyl groups is 1. The Kier molecular flexibility index (Phi) is 4.40. The zero-order chi connectivity index (χ0) is 14.9. The van der Waals surface area contributed by atoms with Crippen molar-refractivity contribution in [2.45, 2.75) is 32.9 Å². The summed E-state index contributed by atoms with van der Waals surface area (Å²) < 4.78 is 28.0. The molecule has 0 fully saturated rings. The molecule has 0 radical (unpaired) electrons. The van der Waals surface area contributed by atoms with Gasteiger partial charge in [-0.1, -0.05) is 11.6 Å². The summed E-state index contributed by atoms with van der Waals surface area (Å²) in [6.45, 7) is 4.28. The van der Waals surface area contributed by atoms with Gasteiger partial charge in [0.25, 0.3) is 0 Å². The monoisotopic (exact) mass is 300 g/mol. The van der Waals surface area contributed by atoms with Crippen molar-refractivity contribution in [1.29, 1.82) is 0 Å². The number of benzene rings is 1. The van der Waals surface area contributed by atoms with Crippen molar-refractivity contribution in [1.82, 2.24) is 9.78 Å².